The molecule has 0 aliphatic carbocycles. The van der Waals surface area contributed by atoms with Crippen molar-refractivity contribution in [3.05, 3.63) is 70.6 Å². The number of rotatable bonds is 8. The van der Waals surface area contributed by atoms with E-state index < -0.39 is 16.1 Å². The van der Waals surface area contributed by atoms with Crippen LogP contribution in [0.1, 0.15) is 16.7 Å². The molecule has 7 heteroatoms. The van der Waals surface area contributed by atoms with Gasteiger partial charge in [-0.25, -0.2) is 8.42 Å². The Hall–Kier alpha value is -2.19. The molecule has 0 saturated carbocycles. The number of aryl methyl sites for hydroxylation is 2. The van der Waals surface area contributed by atoms with Gasteiger partial charge in [0.25, 0.3) is 0 Å². The zero-order valence-corrected chi connectivity index (χ0v) is 18.4. The van der Waals surface area contributed by atoms with Crippen LogP contribution in [0.3, 0.4) is 0 Å². The van der Waals surface area contributed by atoms with E-state index in [2.05, 4.69) is 4.90 Å². The van der Waals surface area contributed by atoms with E-state index in [1.54, 1.807) is 6.08 Å². The summed E-state index contributed by atoms with van der Waals surface area (Å²) in [7, 11) is -3.45. The molecule has 3 rings (SSSR count). The van der Waals surface area contributed by atoms with E-state index in [-0.39, 0.29) is 6.61 Å². The first-order valence-electron chi connectivity index (χ1n) is 10.2. The van der Waals surface area contributed by atoms with E-state index >= 15 is 0 Å². The zero-order chi connectivity index (χ0) is 21.6. The lowest BCUT2D eigenvalue weighted by Gasteiger charge is -2.34. The Labute approximate surface area is 179 Å². The number of nitrogens with zero attached hydrogens (tertiary/aromatic N) is 2. The fourth-order valence-corrected chi connectivity index (χ4v) is 4.55. The smallest absolute Gasteiger partial charge is 0.236 e. The molecule has 2 aromatic rings. The van der Waals surface area contributed by atoms with Crippen LogP contribution in [0.5, 0.6) is 5.75 Å². The molecule has 0 bridgehead atoms. The molecule has 1 fully saturated rings. The molecule has 0 amide bonds. The van der Waals surface area contributed by atoms with Crippen molar-refractivity contribution in [2.24, 2.45) is 0 Å². The zero-order valence-electron chi connectivity index (χ0n) is 17.6. The highest BCUT2D eigenvalue weighted by atomic mass is 32.2. The summed E-state index contributed by atoms with van der Waals surface area (Å²) in [6, 6.07) is 15.4. The van der Waals surface area contributed by atoms with Crippen molar-refractivity contribution in [1.29, 1.82) is 0 Å². The summed E-state index contributed by atoms with van der Waals surface area (Å²) >= 11 is 0. The van der Waals surface area contributed by atoms with Gasteiger partial charge in [0.15, 0.2) is 0 Å². The lowest BCUT2D eigenvalue weighted by Crippen LogP contribution is -2.50. The minimum Gasteiger partial charge on any atom is -0.491 e. The predicted octanol–water partition coefficient (Wildman–Crippen LogP) is 2.66. The van der Waals surface area contributed by atoms with Gasteiger partial charge < -0.3 is 9.84 Å². The number of aliphatic hydroxyl groups is 1. The maximum absolute atomic E-state index is 12.6. The third-order valence-electron chi connectivity index (χ3n) is 5.17. The predicted molar refractivity (Wildman–Crippen MR) is 120 cm³/mol. The molecular weight excluding hydrogens is 400 g/mol. The van der Waals surface area contributed by atoms with Crippen LogP contribution >= 0.6 is 0 Å². The van der Waals surface area contributed by atoms with E-state index in [0.717, 1.165) is 22.4 Å². The van der Waals surface area contributed by atoms with Gasteiger partial charge in [0, 0.05) is 38.1 Å². The molecule has 0 spiro atoms. The van der Waals surface area contributed by atoms with Crippen LogP contribution in [-0.2, 0) is 10.0 Å². The molecule has 0 aromatic heterocycles. The molecule has 1 unspecified atom stereocenters. The van der Waals surface area contributed by atoms with E-state index in [4.69, 9.17) is 4.74 Å². The third kappa shape index (κ3) is 6.40. The molecule has 1 N–H and O–H groups in total. The standard InChI is InChI=1S/C23H30N2O4S/c1-19-8-9-20(2)23(16-19)29-18-22(26)17-24-11-13-25(14-12-24)30(27,28)15-10-21-6-4-3-5-7-21/h3-10,15-16,22,26H,11-14,17-18H2,1-2H3/b15-10+. The molecular formula is C23H30N2O4S. The average molecular weight is 431 g/mol. The fourth-order valence-electron chi connectivity index (χ4n) is 3.38. The third-order valence-corrected chi connectivity index (χ3v) is 6.73. The summed E-state index contributed by atoms with van der Waals surface area (Å²) in [4.78, 5) is 2.07. The van der Waals surface area contributed by atoms with Crippen LogP contribution in [0.4, 0.5) is 0 Å². The van der Waals surface area contributed by atoms with Crippen molar-refractivity contribution in [3.63, 3.8) is 0 Å². The second-order valence-electron chi connectivity index (χ2n) is 7.69. The van der Waals surface area contributed by atoms with Crippen LogP contribution in [-0.4, -0.2) is 68.2 Å². The van der Waals surface area contributed by atoms with Crippen LogP contribution in [0, 0.1) is 13.8 Å². The number of hydrogen-bond acceptors (Lipinski definition) is 5. The minimum atomic E-state index is -3.45. The van der Waals surface area contributed by atoms with Gasteiger partial charge in [-0.05, 0) is 42.7 Å². The van der Waals surface area contributed by atoms with Crippen molar-refractivity contribution in [2.45, 2.75) is 20.0 Å². The molecule has 1 aliphatic rings. The Morgan fingerprint density at radius 3 is 2.47 bits per heavy atom. The van der Waals surface area contributed by atoms with Gasteiger partial charge in [-0.3, -0.25) is 4.90 Å². The van der Waals surface area contributed by atoms with Crippen molar-refractivity contribution in [3.8, 4) is 5.75 Å². The fraction of sp³-hybridized carbons (Fsp3) is 0.391. The molecule has 162 valence electrons. The first-order valence-corrected chi connectivity index (χ1v) is 11.7. The summed E-state index contributed by atoms with van der Waals surface area (Å²) in [5, 5.41) is 11.6. The van der Waals surface area contributed by atoms with Gasteiger partial charge >= 0.3 is 0 Å². The van der Waals surface area contributed by atoms with Crippen LogP contribution < -0.4 is 4.74 Å². The molecule has 1 atom stereocenters. The molecule has 0 radical (unpaired) electrons. The van der Waals surface area contributed by atoms with Gasteiger partial charge in [0.05, 0.1) is 0 Å². The maximum atomic E-state index is 12.6. The van der Waals surface area contributed by atoms with E-state index in [1.807, 2.05) is 62.4 Å². The first kappa shape index (κ1) is 22.5. The Bertz CT molecular complexity index is 952. The Balaban J connectivity index is 1.45. The summed E-state index contributed by atoms with van der Waals surface area (Å²) in [6.45, 7) is 6.63. The molecule has 1 saturated heterocycles. The van der Waals surface area contributed by atoms with Crippen molar-refractivity contribution in [1.82, 2.24) is 9.21 Å². The van der Waals surface area contributed by atoms with Crippen molar-refractivity contribution in [2.75, 3.05) is 39.3 Å². The molecule has 1 heterocycles. The number of aliphatic hydroxyl groups excluding tert-OH is 1. The molecule has 2 aromatic carbocycles. The normalized spacial score (nSPS) is 17.3. The number of β-amino-alcohol motifs (C(OH)–C–C–N with tert-alkyl or cyclic N) is 1. The summed E-state index contributed by atoms with van der Waals surface area (Å²) in [6.07, 6.45) is 0.988. The lowest BCUT2D eigenvalue weighted by atomic mass is 10.1. The van der Waals surface area contributed by atoms with Crippen molar-refractivity contribution >= 4 is 16.1 Å². The Morgan fingerprint density at radius 1 is 1.07 bits per heavy atom. The highest BCUT2D eigenvalue weighted by Crippen LogP contribution is 2.19. The van der Waals surface area contributed by atoms with E-state index in [9.17, 15) is 13.5 Å². The highest BCUT2D eigenvalue weighted by Gasteiger charge is 2.26. The maximum Gasteiger partial charge on any atom is 0.236 e. The van der Waals surface area contributed by atoms with Gasteiger partial charge in [-0.15, -0.1) is 0 Å². The van der Waals surface area contributed by atoms with Gasteiger partial charge in [-0.2, -0.15) is 4.31 Å². The minimum absolute atomic E-state index is 0.211. The molecule has 6 nitrogen and oxygen atoms in total. The Kier molecular flexibility index (Phi) is 7.66. The largest absolute Gasteiger partial charge is 0.491 e. The van der Waals surface area contributed by atoms with E-state index in [0.29, 0.717) is 32.7 Å². The first-order chi connectivity index (χ1) is 14.3. The van der Waals surface area contributed by atoms with Crippen LogP contribution in [0.25, 0.3) is 6.08 Å². The lowest BCUT2D eigenvalue weighted by molar-refractivity contribution is 0.0568. The monoisotopic (exact) mass is 430 g/mol. The van der Waals surface area contributed by atoms with Crippen LogP contribution in [0.2, 0.25) is 0 Å². The second-order valence-corrected chi connectivity index (χ2v) is 9.51. The SMILES string of the molecule is Cc1ccc(C)c(OCC(O)CN2CCN(S(=O)(=O)/C=C/c3ccccc3)CC2)c1. The average Bonchev–Trinajstić information content (AvgIpc) is 2.74. The second kappa shape index (κ2) is 10.2. The van der Waals surface area contributed by atoms with E-state index in [1.165, 1.54) is 9.71 Å². The molecule has 30 heavy (non-hydrogen) atoms. The summed E-state index contributed by atoms with van der Waals surface area (Å²) < 4.78 is 32.4. The summed E-state index contributed by atoms with van der Waals surface area (Å²) in [5.41, 5.74) is 3.01. The topological polar surface area (TPSA) is 70.1 Å². The molecule has 1 aliphatic heterocycles. The Morgan fingerprint density at radius 2 is 1.77 bits per heavy atom. The number of ether oxygens (including phenoxy) is 1. The van der Waals surface area contributed by atoms with Gasteiger partial charge in [0.1, 0.15) is 18.5 Å². The van der Waals surface area contributed by atoms with Crippen molar-refractivity contribution < 1.29 is 18.3 Å². The quantitative estimate of drug-likeness (QED) is 0.697. The van der Waals surface area contributed by atoms with Gasteiger partial charge in [-0.1, -0.05) is 42.5 Å². The number of hydrogen-bond donors (Lipinski definition) is 1. The van der Waals surface area contributed by atoms with Crippen LogP contribution in [0.15, 0.2) is 53.9 Å². The number of benzene rings is 2. The summed E-state index contributed by atoms with van der Waals surface area (Å²) in [5.74, 6) is 0.787. The highest BCUT2D eigenvalue weighted by molar-refractivity contribution is 7.92. The van der Waals surface area contributed by atoms with Gasteiger partial charge in [0.2, 0.25) is 10.0 Å². The number of sulfonamides is 1. The number of piperazine rings is 1.